The molecule has 0 saturated heterocycles. The van der Waals surface area contributed by atoms with Gasteiger partial charge in [0.15, 0.2) is 6.10 Å². The van der Waals surface area contributed by atoms with E-state index in [0.29, 0.717) is 32.1 Å². The third kappa shape index (κ3) is 40.5. The minimum atomic E-state index is -4.66. The van der Waals surface area contributed by atoms with Crippen LogP contribution in [0.4, 0.5) is 0 Å². The number of phosphoric ester groups is 1. The standard InChI is InChI=1S/C46H79O12P/c1-3-5-7-8-9-10-11-12-13-14-15-16-17-22-30-36-46(52)58-44(40-57-59(53,54)56-38-43(50)37-47)39-55-45(51)35-29-21-19-18-20-26-32-42(49)34-28-24-23-27-33-41(48)31-25-6-4-2/h6,19-21,23-28,33-34,41-44,47-50H,3-5,7-18,22,29-32,35-40H2,1-2H3,(H,53,54)/b21-19-,24-23-,25-6-,26-20-,33-27+,34-28+/t41-,42+,43+,44-/m1/s1. The molecule has 0 aliphatic heterocycles. The first-order valence-corrected chi connectivity index (χ1v) is 23.6. The maximum absolute atomic E-state index is 12.6. The van der Waals surface area contributed by atoms with Crippen molar-refractivity contribution in [2.45, 2.75) is 180 Å². The highest BCUT2D eigenvalue weighted by Crippen LogP contribution is 2.43. The number of aliphatic hydroxyl groups excluding tert-OH is 4. The Hall–Kier alpha value is -2.67. The molecule has 5 N–H and O–H groups in total. The number of rotatable bonds is 40. The SMILES string of the molecule is CC/C=C\C[C@@H](O)/C=C/C=C\C=C\[C@@H](O)C/C=C\C/C=C\CCC(=O)OC[C@H](COP(=O)(O)OC[C@@H](O)CO)OC(=O)CCCCCCCCCCCCCCCCC. The molecule has 0 spiro atoms. The second-order valence-corrected chi connectivity index (χ2v) is 16.2. The van der Waals surface area contributed by atoms with Crippen molar-refractivity contribution >= 4 is 19.8 Å². The summed E-state index contributed by atoms with van der Waals surface area (Å²) in [5, 5.41) is 38.3. The number of hydrogen-bond acceptors (Lipinski definition) is 11. The highest BCUT2D eigenvalue weighted by molar-refractivity contribution is 7.47. The van der Waals surface area contributed by atoms with E-state index in [1.807, 2.05) is 43.4 Å². The van der Waals surface area contributed by atoms with Crippen molar-refractivity contribution in [2.75, 3.05) is 26.4 Å². The Morgan fingerprint density at radius 2 is 1.10 bits per heavy atom. The zero-order valence-corrected chi connectivity index (χ0v) is 37.1. The summed E-state index contributed by atoms with van der Waals surface area (Å²) in [6.45, 7) is 1.98. The molecule has 0 heterocycles. The Labute approximate surface area is 355 Å². The lowest BCUT2D eigenvalue weighted by molar-refractivity contribution is -0.161. The molecule has 0 rings (SSSR count). The van der Waals surface area contributed by atoms with Crippen LogP contribution in [-0.2, 0) is 32.7 Å². The molecule has 12 nitrogen and oxygen atoms in total. The van der Waals surface area contributed by atoms with E-state index in [4.69, 9.17) is 19.1 Å². The highest BCUT2D eigenvalue weighted by Gasteiger charge is 2.27. The van der Waals surface area contributed by atoms with Crippen LogP contribution < -0.4 is 0 Å². The summed E-state index contributed by atoms with van der Waals surface area (Å²) >= 11 is 0. The van der Waals surface area contributed by atoms with E-state index in [1.165, 1.54) is 70.6 Å². The zero-order valence-electron chi connectivity index (χ0n) is 36.2. The average Bonchev–Trinajstić information content (AvgIpc) is 3.21. The normalized spacial score (nSPS) is 15.6. The molecule has 5 atom stereocenters. The van der Waals surface area contributed by atoms with Gasteiger partial charge in [0.1, 0.15) is 12.7 Å². The fraction of sp³-hybridized carbons (Fsp3) is 0.696. The number of phosphoric acid groups is 1. The largest absolute Gasteiger partial charge is 0.472 e. The smallest absolute Gasteiger partial charge is 0.462 e. The Morgan fingerprint density at radius 3 is 1.64 bits per heavy atom. The summed E-state index contributed by atoms with van der Waals surface area (Å²) < 4.78 is 32.6. The second kappa shape index (κ2) is 40.7. The van der Waals surface area contributed by atoms with Gasteiger partial charge in [-0.25, -0.2) is 4.57 Å². The van der Waals surface area contributed by atoms with Crippen LogP contribution in [0.3, 0.4) is 0 Å². The Balaban J connectivity index is 4.52. The minimum Gasteiger partial charge on any atom is -0.462 e. The molecule has 0 fully saturated rings. The molecular formula is C46H79O12P. The van der Waals surface area contributed by atoms with E-state index >= 15 is 0 Å². The van der Waals surface area contributed by atoms with Crippen molar-refractivity contribution in [1.82, 2.24) is 0 Å². The van der Waals surface area contributed by atoms with Crippen LogP contribution in [0.1, 0.15) is 155 Å². The van der Waals surface area contributed by atoms with E-state index in [2.05, 4.69) is 11.4 Å². The molecule has 0 amide bonds. The lowest BCUT2D eigenvalue weighted by Crippen LogP contribution is -2.29. The van der Waals surface area contributed by atoms with Gasteiger partial charge in [0.05, 0.1) is 32.0 Å². The Bertz CT molecular complexity index is 1240. The monoisotopic (exact) mass is 855 g/mol. The number of ether oxygens (including phenoxy) is 2. The van der Waals surface area contributed by atoms with Crippen LogP contribution in [0, 0.1) is 0 Å². The van der Waals surface area contributed by atoms with Gasteiger partial charge in [-0.15, -0.1) is 0 Å². The predicted octanol–water partition coefficient (Wildman–Crippen LogP) is 9.61. The van der Waals surface area contributed by atoms with Gasteiger partial charge >= 0.3 is 19.8 Å². The molecule has 0 aromatic carbocycles. The maximum Gasteiger partial charge on any atom is 0.472 e. The van der Waals surface area contributed by atoms with Crippen LogP contribution in [0.5, 0.6) is 0 Å². The van der Waals surface area contributed by atoms with E-state index in [-0.39, 0.29) is 12.8 Å². The topological polar surface area (TPSA) is 189 Å². The second-order valence-electron chi connectivity index (χ2n) is 14.7. The molecule has 13 heteroatoms. The first-order chi connectivity index (χ1) is 28.5. The van der Waals surface area contributed by atoms with Crippen molar-refractivity contribution in [1.29, 1.82) is 0 Å². The summed E-state index contributed by atoms with van der Waals surface area (Å²) in [7, 11) is -4.66. The summed E-state index contributed by atoms with van der Waals surface area (Å²) in [5.41, 5.74) is 0. The van der Waals surface area contributed by atoms with Gasteiger partial charge in [-0.05, 0) is 38.5 Å². The highest BCUT2D eigenvalue weighted by atomic mass is 31.2. The molecule has 0 aromatic rings. The van der Waals surface area contributed by atoms with Crippen LogP contribution >= 0.6 is 7.82 Å². The molecular weight excluding hydrogens is 775 g/mol. The van der Waals surface area contributed by atoms with Crippen LogP contribution in [0.25, 0.3) is 0 Å². The number of allylic oxidation sites excluding steroid dienone is 8. The average molecular weight is 855 g/mol. The third-order valence-electron chi connectivity index (χ3n) is 9.06. The summed E-state index contributed by atoms with van der Waals surface area (Å²) in [6, 6.07) is 0. The quantitative estimate of drug-likeness (QED) is 0.0129. The molecule has 0 aromatic heterocycles. The molecule has 0 aliphatic rings. The van der Waals surface area contributed by atoms with Gasteiger partial charge in [-0.1, -0.05) is 177 Å². The van der Waals surface area contributed by atoms with E-state index in [9.17, 15) is 34.4 Å². The number of carbonyl (C=O) groups excluding carboxylic acids is 2. The van der Waals surface area contributed by atoms with Crippen LogP contribution in [0.15, 0.2) is 72.9 Å². The van der Waals surface area contributed by atoms with Crippen LogP contribution in [0.2, 0.25) is 0 Å². The van der Waals surface area contributed by atoms with Crippen molar-refractivity contribution in [2.24, 2.45) is 0 Å². The zero-order chi connectivity index (χ0) is 43.7. The summed E-state index contributed by atoms with van der Waals surface area (Å²) in [5.74, 6) is -1.09. The molecule has 0 saturated carbocycles. The number of hydrogen-bond donors (Lipinski definition) is 5. The predicted molar refractivity (Wildman–Crippen MR) is 235 cm³/mol. The van der Waals surface area contributed by atoms with Gasteiger partial charge < -0.3 is 34.8 Å². The van der Waals surface area contributed by atoms with E-state index in [0.717, 1.165) is 25.7 Å². The fourth-order valence-corrected chi connectivity index (χ4v) is 6.40. The van der Waals surface area contributed by atoms with Crippen molar-refractivity contribution in [3.05, 3.63) is 72.9 Å². The lowest BCUT2D eigenvalue weighted by Gasteiger charge is -2.20. The Morgan fingerprint density at radius 1 is 0.593 bits per heavy atom. The summed E-state index contributed by atoms with van der Waals surface area (Å²) in [6.07, 6.45) is 39.4. The molecule has 0 radical (unpaired) electrons. The van der Waals surface area contributed by atoms with Gasteiger partial charge in [0.2, 0.25) is 0 Å². The number of aliphatic hydroxyl groups is 4. The van der Waals surface area contributed by atoms with Gasteiger partial charge in [0.25, 0.3) is 0 Å². The van der Waals surface area contributed by atoms with E-state index in [1.54, 1.807) is 36.5 Å². The van der Waals surface area contributed by atoms with Gasteiger partial charge in [-0.2, -0.15) is 0 Å². The Kier molecular flexibility index (Phi) is 38.9. The molecule has 59 heavy (non-hydrogen) atoms. The molecule has 0 aliphatic carbocycles. The van der Waals surface area contributed by atoms with E-state index < -0.39 is 70.6 Å². The number of carbonyl (C=O) groups is 2. The third-order valence-corrected chi connectivity index (χ3v) is 10.0. The van der Waals surface area contributed by atoms with Gasteiger partial charge in [-0.3, -0.25) is 18.6 Å². The molecule has 340 valence electrons. The maximum atomic E-state index is 12.6. The van der Waals surface area contributed by atoms with Crippen molar-refractivity contribution in [3.63, 3.8) is 0 Å². The van der Waals surface area contributed by atoms with Crippen molar-refractivity contribution in [3.8, 4) is 0 Å². The molecule has 1 unspecified atom stereocenters. The number of esters is 2. The van der Waals surface area contributed by atoms with Crippen LogP contribution in [-0.4, -0.2) is 88.1 Å². The van der Waals surface area contributed by atoms with Crippen molar-refractivity contribution < 1.29 is 58.0 Å². The first kappa shape index (κ1) is 56.3. The minimum absolute atomic E-state index is 0.0581. The molecule has 0 bridgehead atoms. The first-order valence-electron chi connectivity index (χ1n) is 22.1. The fourth-order valence-electron chi connectivity index (χ4n) is 5.61. The van der Waals surface area contributed by atoms with Gasteiger partial charge in [0, 0.05) is 12.8 Å². The summed E-state index contributed by atoms with van der Waals surface area (Å²) in [4.78, 5) is 35.0. The number of unbranched alkanes of at least 4 members (excludes halogenated alkanes) is 14. The lowest BCUT2D eigenvalue weighted by atomic mass is 10.0.